The number of hydrogen-bond acceptors (Lipinski definition) is 5. The number of morpholine rings is 1. The first-order valence-electron chi connectivity index (χ1n) is 8.83. The first-order valence-corrected chi connectivity index (χ1v) is 8.83. The van der Waals surface area contributed by atoms with Crippen LogP contribution in [0.4, 0.5) is 0 Å². The highest BCUT2D eigenvalue weighted by molar-refractivity contribution is 5.95. The van der Waals surface area contributed by atoms with Gasteiger partial charge in [0.25, 0.3) is 5.91 Å². The SMILES string of the molecule is CCC(=O)c1ccc(OCC(=O)N(C)C[C@@H](C)N2CCOCC2)cc1. The molecular weight excluding hydrogens is 320 g/mol. The van der Waals surface area contributed by atoms with Crippen LogP contribution in [0.2, 0.25) is 0 Å². The molecule has 6 nitrogen and oxygen atoms in total. The van der Waals surface area contributed by atoms with E-state index >= 15 is 0 Å². The van der Waals surface area contributed by atoms with E-state index in [4.69, 9.17) is 9.47 Å². The quantitative estimate of drug-likeness (QED) is 0.671. The molecule has 0 radical (unpaired) electrons. The molecule has 0 aliphatic carbocycles. The number of likely N-dealkylation sites (N-methyl/N-ethyl adjacent to an activating group) is 1. The molecule has 1 amide bonds. The van der Waals surface area contributed by atoms with E-state index < -0.39 is 0 Å². The smallest absolute Gasteiger partial charge is 0.260 e. The molecule has 0 spiro atoms. The Kier molecular flexibility index (Phi) is 7.40. The summed E-state index contributed by atoms with van der Waals surface area (Å²) in [6, 6.07) is 7.21. The van der Waals surface area contributed by atoms with Gasteiger partial charge in [-0.3, -0.25) is 14.5 Å². The van der Waals surface area contributed by atoms with Gasteiger partial charge >= 0.3 is 0 Å². The number of Topliss-reactive ketones (excluding diaryl/α,β-unsaturated/α-hetero) is 1. The normalized spacial score (nSPS) is 16.3. The number of nitrogens with zero attached hydrogens (tertiary/aromatic N) is 2. The van der Waals surface area contributed by atoms with Crippen LogP contribution in [0.15, 0.2) is 24.3 Å². The summed E-state index contributed by atoms with van der Waals surface area (Å²) in [6.45, 7) is 7.92. The number of amides is 1. The average Bonchev–Trinajstić information content (AvgIpc) is 2.66. The molecule has 1 fully saturated rings. The predicted molar refractivity (Wildman–Crippen MR) is 96.0 cm³/mol. The van der Waals surface area contributed by atoms with E-state index in [1.54, 1.807) is 36.2 Å². The Morgan fingerprint density at radius 2 is 1.88 bits per heavy atom. The van der Waals surface area contributed by atoms with E-state index in [0.717, 1.165) is 26.3 Å². The highest BCUT2D eigenvalue weighted by Crippen LogP contribution is 2.13. The van der Waals surface area contributed by atoms with Gasteiger partial charge in [-0.1, -0.05) is 6.92 Å². The lowest BCUT2D eigenvalue weighted by Gasteiger charge is -2.34. The lowest BCUT2D eigenvalue weighted by molar-refractivity contribution is -0.133. The summed E-state index contributed by atoms with van der Waals surface area (Å²) in [6.07, 6.45) is 0.477. The van der Waals surface area contributed by atoms with Gasteiger partial charge in [-0.05, 0) is 31.2 Å². The number of carbonyl (C=O) groups excluding carboxylic acids is 2. The van der Waals surface area contributed by atoms with Gasteiger partial charge in [0.2, 0.25) is 0 Å². The summed E-state index contributed by atoms with van der Waals surface area (Å²) in [7, 11) is 1.80. The number of ether oxygens (including phenoxy) is 2. The number of carbonyl (C=O) groups is 2. The number of hydrogen-bond donors (Lipinski definition) is 0. The van der Waals surface area contributed by atoms with Crippen LogP contribution in [-0.2, 0) is 9.53 Å². The fraction of sp³-hybridized carbons (Fsp3) is 0.579. The van der Waals surface area contributed by atoms with Crippen molar-refractivity contribution in [1.82, 2.24) is 9.80 Å². The van der Waals surface area contributed by atoms with E-state index in [2.05, 4.69) is 11.8 Å². The second-order valence-electron chi connectivity index (χ2n) is 6.36. The summed E-state index contributed by atoms with van der Waals surface area (Å²) in [4.78, 5) is 27.9. The molecule has 0 unspecified atom stereocenters. The Morgan fingerprint density at radius 1 is 1.24 bits per heavy atom. The predicted octanol–water partition coefficient (Wildman–Crippen LogP) is 1.84. The molecular formula is C19H28N2O4. The Balaban J connectivity index is 1.77. The van der Waals surface area contributed by atoms with Crippen LogP contribution >= 0.6 is 0 Å². The maximum Gasteiger partial charge on any atom is 0.260 e. The van der Waals surface area contributed by atoms with Gasteiger partial charge < -0.3 is 14.4 Å². The molecule has 1 heterocycles. The molecule has 138 valence electrons. The molecule has 1 aliphatic rings. The van der Waals surface area contributed by atoms with Crippen molar-refractivity contribution in [3.05, 3.63) is 29.8 Å². The third-order valence-electron chi connectivity index (χ3n) is 4.49. The van der Waals surface area contributed by atoms with Crippen LogP contribution in [0.5, 0.6) is 5.75 Å². The third-order valence-corrected chi connectivity index (χ3v) is 4.49. The number of benzene rings is 1. The van der Waals surface area contributed by atoms with Crippen molar-refractivity contribution < 1.29 is 19.1 Å². The number of rotatable bonds is 8. The van der Waals surface area contributed by atoms with E-state index in [9.17, 15) is 9.59 Å². The van der Waals surface area contributed by atoms with Crippen molar-refractivity contribution in [2.24, 2.45) is 0 Å². The van der Waals surface area contributed by atoms with E-state index in [0.29, 0.717) is 24.3 Å². The van der Waals surface area contributed by atoms with Crippen molar-refractivity contribution in [2.75, 3.05) is 46.5 Å². The average molecular weight is 348 g/mol. The Hall–Kier alpha value is -1.92. The van der Waals surface area contributed by atoms with Gasteiger partial charge in [0.1, 0.15) is 5.75 Å². The monoisotopic (exact) mass is 348 g/mol. The van der Waals surface area contributed by atoms with Crippen molar-refractivity contribution in [3.8, 4) is 5.75 Å². The van der Waals surface area contributed by atoms with Gasteiger partial charge in [-0.2, -0.15) is 0 Å². The van der Waals surface area contributed by atoms with Gasteiger partial charge in [-0.25, -0.2) is 0 Å². The molecule has 0 bridgehead atoms. The highest BCUT2D eigenvalue weighted by atomic mass is 16.5. The molecule has 1 saturated heterocycles. The van der Waals surface area contributed by atoms with Gasteiger partial charge in [-0.15, -0.1) is 0 Å². The van der Waals surface area contributed by atoms with Crippen LogP contribution in [0.1, 0.15) is 30.6 Å². The molecule has 1 aromatic rings. The zero-order chi connectivity index (χ0) is 18.2. The molecule has 1 aromatic carbocycles. The summed E-state index contributed by atoms with van der Waals surface area (Å²) in [5.74, 6) is 0.629. The standard InChI is InChI=1S/C19H28N2O4/c1-4-18(22)16-5-7-17(8-6-16)25-14-19(23)20(3)13-15(2)21-9-11-24-12-10-21/h5-8,15H,4,9-14H2,1-3H3/t15-/m1/s1. The van der Waals surface area contributed by atoms with E-state index in [1.165, 1.54) is 0 Å². The minimum atomic E-state index is -0.0613. The van der Waals surface area contributed by atoms with Crippen molar-refractivity contribution in [1.29, 1.82) is 0 Å². The lowest BCUT2D eigenvalue weighted by atomic mass is 10.1. The van der Waals surface area contributed by atoms with Crippen molar-refractivity contribution in [3.63, 3.8) is 0 Å². The Morgan fingerprint density at radius 3 is 2.48 bits per heavy atom. The highest BCUT2D eigenvalue weighted by Gasteiger charge is 2.20. The van der Waals surface area contributed by atoms with E-state index in [1.807, 2.05) is 6.92 Å². The molecule has 25 heavy (non-hydrogen) atoms. The topological polar surface area (TPSA) is 59.1 Å². The molecule has 0 aromatic heterocycles. The molecule has 2 rings (SSSR count). The molecule has 1 aliphatic heterocycles. The number of ketones is 1. The van der Waals surface area contributed by atoms with Crippen LogP contribution in [0.25, 0.3) is 0 Å². The fourth-order valence-electron chi connectivity index (χ4n) is 2.83. The van der Waals surface area contributed by atoms with Gasteiger partial charge in [0, 0.05) is 44.7 Å². The van der Waals surface area contributed by atoms with Crippen LogP contribution in [-0.4, -0.2) is 74.0 Å². The maximum atomic E-state index is 12.3. The third kappa shape index (κ3) is 5.83. The molecule has 6 heteroatoms. The maximum absolute atomic E-state index is 12.3. The summed E-state index contributed by atoms with van der Waals surface area (Å²) in [5, 5.41) is 0. The zero-order valence-corrected chi connectivity index (χ0v) is 15.4. The Labute approximate surface area is 149 Å². The minimum absolute atomic E-state index is 0.00655. The van der Waals surface area contributed by atoms with Crippen molar-refractivity contribution in [2.45, 2.75) is 26.3 Å². The second-order valence-corrected chi connectivity index (χ2v) is 6.36. The lowest BCUT2D eigenvalue weighted by Crippen LogP contribution is -2.48. The van der Waals surface area contributed by atoms with Crippen LogP contribution in [0, 0.1) is 0 Å². The molecule has 0 N–H and O–H groups in total. The minimum Gasteiger partial charge on any atom is -0.484 e. The van der Waals surface area contributed by atoms with Gasteiger partial charge in [0.15, 0.2) is 12.4 Å². The first kappa shape index (κ1) is 19.4. The van der Waals surface area contributed by atoms with E-state index in [-0.39, 0.29) is 24.3 Å². The van der Waals surface area contributed by atoms with Crippen LogP contribution < -0.4 is 4.74 Å². The van der Waals surface area contributed by atoms with Crippen LogP contribution in [0.3, 0.4) is 0 Å². The van der Waals surface area contributed by atoms with Crippen molar-refractivity contribution >= 4 is 11.7 Å². The fourth-order valence-corrected chi connectivity index (χ4v) is 2.83. The Bertz CT molecular complexity index is 567. The second kappa shape index (κ2) is 9.53. The molecule has 0 saturated carbocycles. The summed E-state index contributed by atoms with van der Waals surface area (Å²) in [5.41, 5.74) is 0.664. The zero-order valence-electron chi connectivity index (χ0n) is 15.4. The first-order chi connectivity index (χ1) is 12.0. The largest absolute Gasteiger partial charge is 0.484 e. The summed E-state index contributed by atoms with van der Waals surface area (Å²) >= 11 is 0. The van der Waals surface area contributed by atoms with Gasteiger partial charge in [0.05, 0.1) is 13.2 Å². The molecule has 1 atom stereocenters. The summed E-state index contributed by atoms with van der Waals surface area (Å²) < 4.78 is 10.9.